The van der Waals surface area contributed by atoms with Gasteiger partial charge < -0.3 is 25.0 Å². The molecule has 0 aromatic heterocycles. The molecule has 172 valence electrons. The van der Waals surface area contributed by atoms with Gasteiger partial charge in [0, 0.05) is 32.7 Å². The highest BCUT2D eigenvalue weighted by Crippen LogP contribution is 2.27. The molecule has 0 spiro atoms. The maximum absolute atomic E-state index is 11.9. The molecule has 2 aliphatic heterocycles. The molecule has 1 amide bonds. The minimum Gasteiger partial charge on any atom is -0.497 e. The maximum atomic E-state index is 11.9. The Morgan fingerprint density at radius 1 is 1.23 bits per heavy atom. The largest absolute Gasteiger partial charge is 0.497 e. The van der Waals surface area contributed by atoms with Crippen molar-refractivity contribution in [3.05, 3.63) is 29.8 Å². The summed E-state index contributed by atoms with van der Waals surface area (Å²) in [5.74, 6) is 1.69. The number of benzene rings is 1. The highest BCUT2D eigenvalue weighted by Gasteiger charge is 2.26. The van der Waals surface area contributed by atoms with E-state index in [9.17, 15) is 4.79 Å². The van der Waals surface area contributed by atoms with Crippen LogP contribution in [0.2, 0.25) is 0 Å². The van der Waals surface area contributed by atoms with E-state index in [1.54, 1.807) is 19.1 Å². The number of hydrogen-bond donors (Lipinski definition) is 2. The first kappa shape index (κ1) is 23.2. The number of likely N-dealkylation sites (tertiary alicyclic amines) is 2. The molecular weight excluding hydrogens is 394 g/mol. The Kier molecular flexibility index (Phi) is 8.82. The third-order valence-electron chi connectivity index (χ3n) is 6.11. The second-order valence-corrected chi connectivity index (χ2v) is 8.09. The van der Waals surface area contributed by atoms with Crippen LogP contribution < -0.4 is 15.4 Å². The quantitative estimate of drug-likeness (QED) is 0.510. The van der Waals surface area contributed by atoms with Crippen LogP contribution in [0.3, 0.4) is 0 Å². The van der Waals surface area contributed by atoms with E-state index < -0.39 is 0 Å². The van der Waals surface area contributed by atoms with Gasteiger partial charge in [0.2, 0.25) is 0 Å². The predicted molar refractivity (Wildman–Crippen MR) is 123 cm³/mol. The SMILES string of the molecule is CCOC(=O)N1CCC(NC(=NC)NCC(c2cccc(OC)c2)N2CCCC2)CC1. The number of methoxy groups -OCH3 is 1. The number of hydrogen-bond acceptors (Lipinski definition) is 5. The molecule has 2 N–H and O–H groups in total. The van der Waals surface area contributed by atoms with Crippen LogP contribution in [-0.2, 0) is 4.74 Å². The Morgan fingerprint density at radius 3 is 2.61 bits per heavy atom. The fourth-order valence-corrected chi connectivity index (χ4v) is 4.36. The molecule has 3 rings (SSSR count). The average molecular weight is 432 g/mol. The second kappa shape index (κ2) is 11.8. The summed E-state index contributed by atoms with van der Waals surface area (Å²) in [6, 6.07) is 8.91. The van der Waals surface area contributed by atoms with Crippen LogP contribution in [0.15, 0.2) is 29.3 Å². The zero-order chi connectivity index (χ0) is 22.1. The van der Waals surface area contributed by atoms with Gasteiger partial charge in [0.15, 0.2) is 5.96 Å². The molecule has 2 saturated heterocycles. The molecule has 1 aromatic rings. The number of carbonyl (C=O) groups is 1. The van der Waals surface area contributed by atoms with Crippen LogP contribution in [0.4, 0.5) is 4.79 Å². The minimum absolute atomic E-state index is 0.213. The Bertz CT molecular complexity index is 728. The molecule has 1 atom stereocenters. The van der Waals surface area contributed by atoms with Crippen LogP contribution in [0.5, 0.6) is 5.75 Å². The number of amides is 1. The lowest BCUT2D eigenvalue weighted by Crippen LogP contribution is -2.51. The van der Waals surface area contributed by atoms with Crippen molar-refractivity contribution in [2.24, 2.45) is 4.99 Å². The van der Waals surface area contributed by atoms with Crippen molar-refractivity contribution in [1.29, 1.82) is 0 Å². The molecule has 31 heavy (non-hydrogen) atoms. The average Bonchev–Trinajstić information content (AvgIpc) is 3.33. The molecule has 0 radical (unpaired) electrons. The van der Waals surface area contributed by atoms with Crippen molar-refractivity contribution in [3.8, 4) is 5.75 Å². The molecule has 0 aliphatic carbocycles. The summed E-state index contributed by atoms with van der Waals surface area (Å²) in [6.45, 7) is 6.65. The van der Waals surface area contributed by atoms with E-state index in [0.717, 1.165) is 44.2 Å². The van der Waals surface area contributed by atoms with E-state index in [1.807, 2.05) is 13.0 Å². The Hall–Kier alpha value is -2.48. The summed E-state index contributed by atoms with van der Waals surface area (Å²) >= 11 is 0. The number of nitrogens with one attached hydrogen (secondary N) is 2. The summed E-state index contributed by atoms with van der Waals surface area (Å²) in [4.78, 5) is 20.7. The molecule has 0 saturated carbocycles. The van der Waals surface area contributed by atoms with E-state index in [0.29, 0.717) is 25.7 Å². The molecule has 1 aromatic carbocycles. The van der Waals surface area contributed by atoms with Crippen molar-refractivity contribution < 1.29 is 14.3 Å². The van der Waals surface area contributed by atoms with Gasteiger partial charge in [-0.2, -0.15) is 0 Å². The van der Waals surface area contributed by atoms with Crippen LogP contribution in [-0.4, -0.2) is 81.4 Å². The van der Waals surface area contributed by atoms with E-state index in [4.69, 9.17) is 9.47 Å². The maximum Gasteiger partial charge on any atom is 0.409 e. The summed E-state index contributed by atoms with van der Waals surface area (Å²) in [7, 11) is 3.51. The number of aliphatic imine (C=N–C) groups is 1. The van der Waals surface area contributed by atoms with Gasteiger partial charge in [-0.25, -0.2) is 4.79 Å². The number of nitrogens with zero attached hydrogens (tertiary/aromatic N) is 3. The van der Waals surface area contributed by atoms with Crippen LogP contribution >= 0.6 is 0 Å². The molecular formula is C23H37N5O3. The lowest BCUT2D eigenvalue weighted by Gasteiger charge is -2.33. The lowest BCUT2D eigenvalue weighted by molar-refractivity contribution is 0.0963. The Labute approximate surface area is 186 Å². The fourth-order valence-electron chi connectivity index (χ4n) is 4.36. The summed E-state index contributed by atoms with van der Waals surface area (Å²) in [5, 5.41) is 7.07. The standard InChI is InChI=1S/C23H37N5O3/c1-4-31-23(29)28-14-10-19(11-15-28)26-22(24-2)25-17-21(27-12-5-6-13-27)18-8-7-9-20(16-18)30-3/h7-9,16,19,21H,4-6,10-15,17H2,1-3H3,(H2,24,25,26). The monoisotopic (exact) mass is 431 g/mol. The highest BCUT2D eigenvalue weighted by molar-refractivity contribution is 5.80. The number of ether oxygens (including phenoxy) is 2. The molecule has 2 fully saturated rings. The van der Waals surface area contributed by atoms with Gasteiger partial charge in [-0.1, -0.05) is 12.1 Å². The van der Waals surface area contributed by atoms with Crippen LogP contribution in [0.25, 0.3) is 0 Å². The minimum atomic E-state index is -0.213. The number of rotatable bonds is 7. The zero-order valence-corrected chi connectivity index (χ0v) is 19.1. The van der Waals surface area contributed by atoms with Gasteiger partial charge in [0.05, 0.1) is 19.8 Å². The van der Waals surface area contributed by atoms with Crippen molar-refractivity contribution >= 4 is 12.1 Å². The third kappa shape index (κ3) is 6.50. The van der Waals surface area contributed by atoms with Gasteiger partial charge in [-0.3, -0.25) is 9.89 Å². The molecule has 0 bridgehead atoms. The van der Waals surface area contributed by atoms with Gasteiger partial charge >= 0.3 is 6.09 Å². The van der Waals surface area contributed by atoms with Crippen molar-refractivity contribution in [2.45, 2.75) is 44.7 Å². The molecule has 1 unspecified atom stereocenters. The Morgan fingerprint density at radius 2 is 1.97 bits per heavy atom. The normalized spacial score (nSPS) is 19.2. The van der Waals surface area contributed by atoms with Crippen LogP contribution in [0, 0.1) is 0 Å². The molecule has 8 heteroatoms. The third-order valence-corrected chi connectivity index (χ3v) is 6.11. The van der Waals surface area contributed by atoms with E-state index in [2.05, 4.69) is 38.7 Å². The first-order valence-electron chi connectivity index (χ1n) is 11.4. The van der Waals surface area contributed by atoms with Crippen molar-refractivity contribution in [2.75, 3.05) is 53.5 Å². The summed E-state index contributed by atoms with van der Waals surface area (Å²) in [5.41, 5.74) is 1.26. The fraction of sp³-hybridized carbons (Fsp3) is 0.652. The predicted octanol–water partition coefficient (Wildman–Crippen LogP) is 2.62. The number of carbonyl (C=O) groups excluding carboxylic acids is 1. The number of guanidine groups is 1. The van der Waals surface area contributed by atoms with E-state index >= 15 is 0 Å². The zero-order valence-electron chi connectivity index (χ0n) is 19.1. The smallest absolute Gasteiger partial charge is 0.409 e. The van der Waals surface area contributed by atoms with Gasteiger partial charge in [0.25, 0.3) is 0 Å². The molecule has 8 nitrogen and oxygen atoms in total. The molecule has 2 heterocycles. The van der Waals surface area contributed by atoms with Crippen molar-refractivity contribution in [1.82, 2.24) is 20.4 Å². The first-order chi connectivity index (χ1) is 15.1. The Balaban J connectivity index is 1.55. The summed E-state index contributed by atoms with van der Waals surface area (Å²) < 4.78 is 10.6. The van der Waals surface area contributed by atoms with Crippen LogP contribution in [0.1, 0.15) is 44.2 Å². The van der Waals surface area contributed by atoms with Crippen molar-refractivity contribution in [3.63, 3.8) is 0 Å². The van der Waals surface area contributed by atoms with E-state index in [1.165, 1.54) is 18.4 Å². The second-order valence-electron chi connectivity index (χ2n) is 8.09. The van der Waals surface area contributed by atoms with Gasteiger partial charge in [0.1, 0.15) is 5.75 Å². The van der Waals surface area contributed by atoms with Gasteiger partial charge in [-0.15, -0.1) is 0 Å². The first-order valence-corrected chi connectivity index (χ1v) is 11.4. The highest BCUT2D eigenvalue weighted by atomic mass is 16.6. The van der Waals surface area contributed by atoms with E-state index in [-0.39, 0.29) is 12.1 Å². The van der Waals surface area contributed by atoms with Gasteiger partial charge in [-0.05, 0) is 63.4 Å². The number of piperidine rings is 1. The summed E-state index contributed by atoms with van der Waals surface area (Å²) in [6.07, 6.45) is 4.03. The molecule has 2 aliphatic rings. The topological polar surface area (TPSA) is 78.4 Å². The lowest BCUT2D eigenvalue weighted by atomic mass is 10.0.